The Balaban J connectivity index is 3.01. The van der Waals surface area contributed by atoms with E-state index < -0.39 is 0 Å². The van der Waals surface area contributed by atoms with Gasteiger partial charge in [0.25, 0.3) is 0 Å². The third-order valence-electron chi connectivity index (χ3n) is 4.01. The van der Waals surface area contributed by atoms with Crippen molar-refractivity contribution in [3.63, 3.8) is 0 Å². The van der Waals surface area contributed by atoms with E-state index in [2.05, 4.69) is 17.2 Å². The van der Waals surface area contributed by atoms with Crippen molar-refractivity contribution < 1.29 is 28.4 Å². The fourth-order valence-electron chi connectivity index (χ4n) is 2.63. The van der Waals surface area contributed by atoms with Gasteiger partial charge in [-0.25, -0.2) is 0 Å². The van der Waals surface area contributed by atoms with Crippen LogP contribution in [0.2, 0.25) is 0 Å². The van der Waals surface area contributed by atoms with Gasteiger partial charge in [0.1, 0.15) is 0 Å². The molecule has 0 saturated heterocycles. The van der Waals surface area contributed by atoms with Gasteiger partial charge in [0.2, 0.25) is 0 Å². The third-order valence-corrected chi connectivity index (χ3v) is 4.46. The number of hydrogen-bond acceptors (Lipinski definition) is 2. The molecular weight excluding hydrogens is 344 g/mol. The van der Waals surface area contributed by atoms with E-state index >= 15 is 0 Å². The molecule has 0 aromatic carbocycles. The van der Waals surface area contributed by atoms with Crippen LogP contribution >= 0.6 is 0 Å². The van der Waals surface area contributed by atoms with Gasteiger partial charge in [-0.05, 0) is 5.92 Å². The quantitative estimate of drug-likeness (QED) is 0.253. The van der Waals surface area contributed by atoms with Gasteiger partial charge in [-0.1, -0.05) is 39.5 Å². The summed E-state index contributed by atoms with van der Waals surface area (Å²) in [6.45, 7) is 4.63. The first-order valence-corrected chi connectivity index (χ1v) is 9.81. The van der Waals surface area contributed by atoms with Crippen molar-refractivity contribution in [1.82, 2.24) is 0 Å². The van der Waals surface area contributed by atoms with E-state index in [-0.39, 0.29) is 5.97 Å². The maximum atomic E-state index is 10.9. The molecule has 0 amide bonds. The van der Waals surface area contributed by atoms with Gasteiger partial charge in [0, 0.05) is 0 Å². The molecule has 0 spiro atoms. The van der Waals surface area contributed by atoms with E-state index in [0.29, 0.717) is 6.42 Å². The first-order chi connectivity index (χ1) is 10.2. The molecule has 0 aliphatic heterocycles. The fraction of sp³-hybridized carbons (Fsp3) is 0.944. The van der Waals surface area contributed by atoms with Crippen LogP contribution < -0.4 is 0 Å². The van der Waals surface area contributed by atoms with Gasteiger partial charge in [0.05, 0.1) is 0 Å². The van der Waals surface area contributed by atoms with Crippen molar-refractivity contribution in [1.29, 1.82) is 0 Å². The Hall–Kier alpha value is 0.158. The van der Waals surface area contributed by atoms with E-state index in [1.54, 1.807) is 0 Å². The zero-order valence-corrected chi connectivity index (χ0v) is 16.2. The summed E-state index contributed by atoms with van der Waals surface area (Å²) in [5.74, 6) is 0.811. The zero-order valence-electron chi connectivity index (χ0n) is 14.2. The van der Waals surface area contributed by atoms with Crippen molar-refractivity contribution in [2.24, 2.45) is 5.92 Å². The van der Waals surface area contributed by atoms with Gasteiger partial charge in [-0.2, -0.15) is 0 Å². The Morgan fingerprint density at radius 2 is 1.14 bits per heavy atom. The van der Waals surface area contributed by atoms with Crippen molar-refractivity contribution in [3.05, 3.63) is 0 Å². The summed E-state index contributed by atoms with van der Waals surface area (Å²) in [5, 5.41) is 0. The maximum absolute atomic E-state index is 10.9. The molecule has 0 unspecified atom stereocenters. The van der Waals surface area contributed by atoms with Gasteiger partial charge in [-0.15, -0.1) is 0 Å². The topological polar surface area (TPSA) is 26.3 Å². The van der Waals surface area contributed by atoms with Gasteiger partial charge >= 0.3 is 98.6 Å². The molecule has 0 rings (SSSR count). The predicted octanol–water partition coefficient (Wildman–Crippen LogP) is 6.11. The second-order valence-electron chi connectivity index (χ2n) is 6.63. The summed E-state index contributed by atoms with van der Waals surface area (Å²) in [5.41, 5.74) is 0. The monoisotopic (exact) mass is 381 g/mol. The Morgan fingerprint density at radius 1 is 0.762 bits per heavy atom. The Labute approximate surface area is 144 Å². The molecule has 0 N–H and O–H groups in total. The predicted molar refractivity (Wildman–Crippen MR) is 85.6 cm³/mol. The molecule has 0 aliphatic rings. The second-order valence-corrected chi connectivity index (χ2v) is 7.04. The molecule has 125 valence electrons. The molecule has 0 aromatic heterocycles. The average Bonchev–Trinajstić information content (AvgIpc) is 2.46. The summed E-state index contributed by atoms with van der Waals surface area (Å²) < 4.78 is 4.64. The fourth-order valence-corrected chi connectivity index (χ4v) is 2.84. The first kappa shape index (κ1) is 21.2. The van der Waals surface area contributed by atoms with Crippen LogP contribution in [0.4, 0.5) is 0 Å². The Morgan fingerprint density at radius 3 is 1.52 bits per heavy atom. The van der Waals surface area contributed by atoms with E-state index in [4.69, 9.17) is 0 Å². The van der Waals surface area contributed by atoms with E-state index in [9.17, 15) is 4.79 Å². The SMILES string of the molecule is CC(C)CCCCCCCCCCCCCCC(=O)[O][Mo]. The zero-order chi connectivity index (χ0) is 15.8. The number of carbonyl (C=O) groups is 1. The van der Waals surface area contributed by atoms with Gasteiger partial charge in [0.15, 0.2) is 0 Å². The van der Waals surface area contributed by atoms with Crippen LogP contribution in [0.1, 0.15) is 104 Å². The Kier molecular flexibility index (Phi) is 16.7. The molecule has 0 aromatic rings. The molecule has 21 heavy (non-hydrogen) atoms. The summed E-state index contributed by atoms with van der Waals surface area (Å²) in [7, 11) is 0. The number of rotatable bonds is 15. The van der Waals surface area contributed by atoms with Crippen LogP contribution in [-0.4, -0.2) is 5.97 Å². The van der Waals surface area contributed by atoms with Crippen LogP contribution in [0, 0.1) is 5.92 Å². The third kappa shape index (κ3) is 18.1. The van der Waals surface area contributed by atoms with Crippen LogP contribution in [0.25, 0.3) is 0 Å². The average molecular weight is 379 g/mol. The molecule has 0 saturated carbocycles. The second kappa shape index (κ2) is 16.5. The first-order valence-electron chi connectivity index (χ1n) is 8.99. The molecule has 2 nitrogen and oxygen atoms in total. The van der Waals surface area contributed by atoms with E-state index in [1.807, 2.05) is 0 Å². The summed E-state index contributed by atoms with van der Waals surface area (Å²) in [6.07, 6.45) is 18.1. The van der Waals surface area contributed by atoms with Crippen molar-refractivity contribution >= 4 is 5.97 Å². The number of carbonyl (C=O) groups excluding carboxylic acids is 1. The van der Waals surface area contributed by atoms with E-state index in [0.717, 1.165) is 12.3 Å². The van der Waals surface area contributed by atoms with Gasteiger partial charge < -0.3 is 0 Å². The molecule has 0 fully saturated rings. The molecule has 3 heteroatoms. The van der Waals surface area contributed by atoms with Crippen LogP contribution in [0.15, 0.2) is 0 Å². The summed E-state index contributed by atoms with van der Waals surface area (Å²) in [6, 6.07) is 0. The standard InChI is InChI=1S/C18H36O2.Mo/c1-17(2)15-13-11-9-7-5-3-4-6-8-10-12-14-16-18(19)20;/h17H,3-16H2,1-2H3,(H,19,20);/q;+1/p-1. The summed E-state index contributed by atoms with van der Waals surface area (Å²) in [4.78, 5) is 10.9. The molecule has 0 bridgehead atoms. The normalized spacial score (nSPS) is 11.0. The van der Waals surface area contributed by atoms with Crippen LogP contribution in [-0.2, 0) is 28.4 Å². The molecule has 0 heterocycles. The van der Waals surface area contributed by atoms with Crippen molar-refractivity contribution in [2.75, 3.05) is 0 Å². The molecule has 0 atom stereocenters. The van der Waals surface area contributed by atoms with Crippen LogP contribution in [0.5, 0.6) is 0 Å². The molecule has 0 aliphatic carbocycles. The van der Waals surface area contributed by atoms with E-state index in [1.165, 1.54) is 97.2 Å². The molecule has 0 radical (unpaired) electrons. The van der Waals surface area contributed by atoms with Crippen molar-refractivity contribution in [2.45, 2.75) is 104 Å². The number of unbranched alkanes of at least 4 members (excludes halogenated alkanes) is 11. The Bertz CT molecular complexity index is 229. The van der Waals surface area contributed by atoms with Crippen LogP contribution in [0.3, 0.4) is 0 Å². The number of hydrogen-bond donors (Lipinski definition) is 0. The minimum absolute atomic E-state index is 0.0619. The van der Waals surface area contributed by atoms with Gasteiger partial charge in [-0.3, -0.25) is 0 Å². The summed E-state index contributed by atoms with van der Waals surface area (Å²) >= 11 is 1.40. The molecular formula is C18H35MoO2. The van der Waals surface area contributed by atoms with Crippen molar-refractivity contribution in [3.8, 4) is 0 Å². The minimum atomic E-state index is -0.0619.